The Morgan fingerprint density at radius 1 is 1.00 bits per heavy atom. The van der Waals surface area contributed by atoms with Gasteiger partial charge in [0.1, 0.15) is 22.9 Å². The second-order valence-electron chi connectivity index (χ2n) is 10.8. The Morgan fingerprint density at radius 2 is 1.76 bits per heavy atom. The average molecular weight is 582 g/mol. The van der Waals surface area contributed by atoms with Crippen molar-refractivity contribution in [2.24, 2.45) is 9.98 Å². The van der Waals surface area contributed by atoms with Crippen LogP contribution in [0, 0.1) is 0 Å². The third kappa shape index (κ3) is 5.10. The number of aromatic amines is 1. The molecule has 0 saturated carbocycles. The van der Waals surface area contributed by atoms with Crippen LogP contribution in [0.2, 0.25) is 0 Å². The maximum Gasteiger partial charge on any atom is 0.216 e. The summed E-state index contributed by atoms with van der Waals surface area (Å²) in [5, 5.41) is 8.66. The molecule has 7 rings (SSSR count). The number of nitrogens with zero attached hydrogens (tertiary/aromatic N) is 4. The number of piperidine rings is 1. The van der Waals surface area contributed by atoms with Crippen LogP contribution in [0.1, 0.15) is 31.9 Å². The molecule has 8 bridgehead atoms. The van der Waals surface area contributed by atoms with E-state index in [1.807, 2.05) is 60.7 Å². The lowest BCUT2D eigenvalue weighted by Gasteiger charge is -2.29. The largest absolute Gasteiger partial charge is 0.474 e. The number of rotatable bonds is 5. The van der Waals surface area contributed by atoms with E-state index in [1.54, 1.807) is 13.0 Å². The predicted molar refractivity (Wildman–Crippen MR) is 163 cm³/mol. The van der Waals surface area contributed by atoms with Crippen molar-refractivity contribution in [1.29, 1.82) is 0 Å². The fourth-order valence-corrected chi connectivity index (χ4v) is 6.93. The highest BCUT2D eigenvalue weighted by Gasteiger charge is 2.40. The van der Waals surface area contributed by atoms with Gasteiger partial charge >= 0.3 is 0 Å². The first-order valence-corrected chi connectivity index (χ1v) is 15.8. The summed E-state index contributed by atoms with van der Waals surface area (Å²) in [5.74, 6) is 0.433. The van der Waals surface area contributed by atoms with Gasteiger partial charge in [-0.2, -0.15) is 0 Å². The number of H-pyrrole nitrogens is 1. The number of aromatic nitrogens is 3. The molecule has 0 radical (unpaired) electrons. The topological polar surface area (TPSA) is 134 Å². The van der Waals surface area contributed by atoms with Crippen molar-refractivity contribution >= 4 is 33.4 Å². The van der Waals surface area contributed by atoms with Crippen molar-refractivity contribution < 1.29 is 13.2 Å². The summed E-state index contributed by atoms with van der Waals surface area (Å²) in [6, 6.07) is 5.78. The molecule has 0 spiro atoms. The molecular formula is C31H31N7O3S. The van der Waals surface area contributed by atoms with Gasteiger partial charge in [0.15, 0.2) is 9.84 Å². The highest BCUT2D eigenvalue weighted by Crippen LogP contribution is 2.39. The molecule has 1 atom stereocenters. The fourth-order valence-electron chi connectivity index (χ4n) is 5.74. The van der Waals surface area contributed by atoms with Gasteiger partial charge in [-0.1, -0.05) is 13.0 Å². The van der Waals surface area contributed by atoms with E-state index in [-0.39, 0.29) is 16.8 Å². The number of aliphatic imine (C=N–C) groups is 2. The van der Waals surface area contributed by atoms with Crippen LogP contribution >= 0.6 is 0 Å². The van der Waals surface area contributed by atoms with E-state index in [1.165, 1.54) is 6.33 Å². The minimum absolute atomic E-state index is 0.0602. The molecule has 3 N–H and O–H groups in total. The average Bonchev–Trinajstić information content (AvgIpc) is 3.80. The second kappa shape index (κ2) is 10.5. The van der Waals surface area contributed by atoms with Crippen LogP contribution in [0.4, 0.5) is 0 Å². The molecule has 1 saturated heterocycles. The second-order valence-corrected chi connectivity index (χ2v) is 13.0. The minimum atomic E-state index is -3.66. The van der Waals surface area contributed by atoms with E-state index < -0.39 is 15.4 Å². The summed E-state index contributed by atoms with van der Waals surface area (Å²) in [5.41, 5.74) is 2.86. The molecule has 1 unspecified atom stereocenters. The van der Waals surface area contributed by atoms with E-state index in [0.717, 1.165) is 48.0 Å². The monoisotopic (exact) mass is 581 g/mol. The zero-order chi connectivity index (χ0) is 28.7. The SMILES string of the molecule is CCS(=O)(=O)C1=C2C=CC(=N2)C=c2ccc([nH]2)=CC2=NC(=CC3(c4cc(OC5CCNCC5)ncn4)CC=C1N3)C=C2. The number of ether oxygens (including phenoxy) is 1. The van der Waals surface area contributed by atoms with Crippen LogP contribution in [-0.4, -0.2) is 59.7 Å². The highest BCUT2D eigenvalue weighted by molar-refractivity contribution is 7.95. The molecule has 2 aromatic heterocycles. The molecule has 1 fully saturated rings. The van der Waals surface area contributed by atoms with E-state index >= 15 is 0 Å². The van der Waals surface area contributed by atoms with Crippen LogP contribution < -0.4 is 26.1 Å². The molecular weight excluding hydrogens is 550 g/mol. The lowest BCUT2D eigenvalue weighted by molar-refractivity contribution is 0.155. The summed E-state index contributed by atoms with van der Waals surface area (Å²) in [7, 11) is -3.66. The number of allylic oxidation sites excluding steroid dienone is 4. The standard InChI is InChI=1S/C31H31N7O3S/c1-2-42(39,40)30-26-8-7-23(37-26)16-21-4-3-20(35-21)15-22-5-6-24(36-22)18-31(12-9-27(30)38-31)28-17-29(34-19-33-28)41-25-10-13-32-14-11-25/h3-9,15-19,25,32,35,38H,2,10-14H2,1H3. The van der Waals surface area contributed by atoms with Gasteiger partial charge in [0.25, 0.3) is 0 Å². The van der Waals surface area contributed by atoms with Crippen molar-refractivity contribution in [2.75, 3.05) is 18.8 Å². The Morgan fingerprint density at radius 3 is 2.55 bits per heavy atom. The van der Waals surface area contributed by atoms with E-state index in [4.69, 9.17) is 14.7 Å². The Labute approximate surface area is 243 Å². The van der Waals surface area contributed by atoms with Gasteiger partial charge in [-0.05, 0) is 80.6 Å². The van der Waals surface area contributed by atoms with Gasteiger partial charge < -0.3 is 20.4 Å². The minimum Gasteiger partial charge on any atom is -0.474 e. The molecule has 42 heavy (non-hydrogen) atoms. The van der Waals surface area contributed by atoms with Crippen molar-refractivity contribution in [1.82, 2.24) is 25.6 Å². The van der Waals surface area contributed by atoms with E-state index in [2.05, 4.69) is 25.6 Å². The van der Waals surface area contributed by atoms with Gasteiger partial charge in [-0.25, -0.2) is 28.4 Å². The number of sulfone groups is 1. The smallest absolute Gasteiger partial charge is 0.216 e. The maximum absolute atomic E-state index is 13.6. The first-order valence-electron chi connectivity index (χ1n) is 14.2. The predicted octanol–water partition coefficient (Wildman–Crippen LogP) is 1.83. The third-order valence-corrected chi connectivity index (χ3v) is 9.71. The Bertz CT molecular complexity index is 1900. The molecule has 5 aliphatic rings. The van der Waals surface area contributed by atoms with Gasteiger partial charge in [0, 0.05) is 23.2 Å². The molecule has 0 aromatic carbocycles. The van der Waals surface area contributed by atoms with E-state index in [0.29, 0.717) is 35.1 Å². The Hall–Kier alpha value is -4.35. The highest BCUT2D eigenvalue weighted by atomic mass is 32.2. The summed E-state index contributed by atoms with van der Waals surface area (Å²) in [6.07, 6.45) is 19.1. The number of nitrogens with one attached hydrogen (secondary N) is 3. The molecule has 5 aliphatic heterocycles. The first kappa shape index (κ1) is 26.5. The quantitative estimate of drug-likeness (QED) is 0.491. The van der Waals surface area contributed by atoms with Crippen LogP contribution in [0.3, 0.4) is 0 Å². The lowest BCUT2D eigenvalue weighted by Crippen LogP contribution is -2.38. The molecule has 0 amide bonds. The molecule has 214 valence electrons. The zero-order valence-electron chi connectivity index (χ0n) is 23.2. The number of hydrogen-bond donors (Lipinski definition) is 3. The maximum atomic E-state index is 13.6. The van der Waals surface area contributed by atoms with Crippen molar-refractivity contribution in [3.8, 4) is 5.88 Å². The fraction of sp³-hybridized carbons (Fsp3) is 0.290. The zero-order valence-corrected chi connectivity index (χ0v) is 24.0. The molecule has 2 aromatic rings. The summed E-state index contributed by atoms with van der Waals surface area (Å²) in [4.78, 5) is 22.2. The molecule has 7 heterocycles. The molecule has 11 heteroatoms. The molecule has 10 nitrogen and oxygen atoms in total. The first-order chi connectivity index (χ1) is 20.4. The normalized spacial score (nSPS) is 23.5. The van der Waals surface area contributed by atoms with Crippen LogP contribution in [0.5, 0.6) is 5.88 Å². The summed E-state index contributed by atoms with van der Waals surface area (Å²) < 4.78 is 33.4. The van der Waals surface area contributed by atoms with Gasteiger partial charge in [0.05, 0.1) is 40.0 Å². The van der Waals surface area contributed by atoms with Gasteiger partial charge in [-0.15, -0.1) is 0 Å². The molecule has 0 aliphatic carbocycles. The van der Waals surface area contributed by atoms with Crippen molar-refractivity contribution in [3.63, 3.8) is 0 Å². The van der Waals surface area contributed by atoms with Gasteiger partial charge in [0.2, 0.25) is 5.88 Å². The van der Waals surface area contributed by atoms with Crippen molar-refractivity contribution in [2.45, 2.75) is 37.8 Å². The Kier molecular flexibility index (Phi) is 6.63. The van der Waals surface area contributed by atoms with Crippen LogP contribution in [0.25, 0.3) is 12.2 Å². The van der Waals surface area contributed by atoms with Crippen LogP contribution in [0.15, 0.2) is 93.0 Å². The summed E-state index contributed by atoms with van der Waals surface area (Å²) in [6.45, 7) is 3.45. The van der Waals surface area contributed by atoms with Gasteiger partial charge in [-0.3, -0.25) is 0 Å². The summed E-state index contributed by atoms with van der Waals surface area (Å²) >= 11 is 0. The lowest BCUT2D eigenvalue weighted by atomic mass is 9.91. The van der Waals surface area contributed by atoms with Crippen molar-refractivity contribution in [3.05, 3.63) is 99.4 Å². The number of fused-ring (bicyclic) bond motifs is 6. The van der Waals surface area contributed by atoms with Crippen LogP contribution in [-0.2, 0) is 15.4 Å². The third-order valence-electron chi connectivity index (χ3n) is 7.90. The Balaban J connectivity index is 1.38. The number of hydrogen-bond acceptors (Lipinski definition) is 9. The van der Waals surface area contributed by atoms with E-state index in [9.17, 15) is 8.42 Å².